The topological polar surface area (TPSA) is 114 Å². The van der Waals surface area contributed by atoms with Crippen molar-refractivity contribution in [3.05, 3.63) is 47.5 Å². The number of ether oxygens (including phenoxy) is 2. The van der Waals surface area contributed by atoms with Crippen LogP contribution in [0.4, 0.5) is 11.4 Å². The third-order valence-electron chi connectivity index (χ3n) is 5.39. The molecule has 0 fully saturated rings. The van der Waals surface area contributed by atoms with Crippen molar-refractivity contribution < 1.29 is 28.1 Å². The Morgan fingerprint density at radius 2 is 1.72 bits per heavy atom. The molecule has 1 heterocycles. The van der Waals surface area contributed by atoms with Crippen molar-refractivity contribution in [1.82, 2.24) is 5.32 Å². The summed E-state index contributed by atoms with van der Waals surface area (Å²) >= 11 is 0. The first kappa shape index (κ1) is 27.2. The van der Waals surface area contributed by atoms with Crippen LogP contribution >= 0.6 is 0 Å². The third kappa shape index (κ3) is 7.07. The fraction of sp³-hybridized carbons (Fsp3) is 0.423. The average molecular weight is 516 g/mol. The fourth-order valence-electron chi connectivity index (χ4n) is 3.71. The largest absolute Gasteiger partial charge is 0.454 e. The molecule has 1 aliphatic rings. The zero-order valence-corrected chi connectivity index (χ0v) is 22.3. The molecule has 3 amide bonds. The molecule has 2 aromatic carbocycles. The van der Waals surface area contributed by atoms with Gasteiger partial charge >= 0.3 is 0 Å². The summed E-state index contributed by atoms with van der Waals surface area (Å²) in [6, 6.07) is 9.70. The van der Waals surface area contributed by atoms with Crippen LogP contribution in [0, 0.1) is 13.8 Å². The van der Waals surface area contributed by atoms with E-state index in [9.17, 15) is 18.6 Å². The average Bonchev–Trinajstić information content (AvgIpc) is 3.22. The molecule has 1 aliphatic heterocycles. The maximum atomic E-state index is 13.4. The lowest BCUT2D eigenvalue weighted by Gasteiger charge is -2.32. The van der Waals surface area contributed by atoms with Crippen molar-refractivity contribution in [2.45, 2.75) is 53.1 Å². The lowest BCUT2D eigenvalue weighted by molar-refractivity contribution is -0.126. The molecule has 0 aromatic heterocycles. The third-order valence-corrected chi connectivity index (χ3v) is 6.54. The van der Waals surface area contributed by atoms with Crippen LogP contribution in [-0.2, 0) is 25.2 Å². The number of carbonyl (C=O) groups is 3. The Balaban J connectivity index is 1.72. The number of hydrogen-bond donors (Lipinski definition) is 2. The van der Waals surface area contributed by atoms with Crippen LogP contribution in [0.3, 0.4) is 0 Å². The molecular formula is C26H33N3O6S. The van der Waals surface area contributed by atoms with Crippen LogP contribution in [0.2, 0.25) is 0 Å². The summed E-state index contributed by atoms with van der Waals surface area (Å²) in [6.07, 6.45) is 0. The Kier molecular flexibility index (Phi) is 8.39. The fourth-order valence-corrected chi connectivity index (χ4v) is 4.59. The SMILES string of the molecule is Cc1ccc(C)c(N(C(=O)C[S@@](=O)CC(=O)Nc2ccc3c(c2)OCO3)[C@H](C)C(=O)NC(C)(C)C)c1. The van der Waals surface area contributed by atoms with Crippen molar-refractivity contribution in [2.24, 2.45) is 0 Å². The first-order chi connectivity index (χ1) is 16.8. The van der Waals surface area contributed by atoms with Gasteiger partial charge in [-0.1, -0.05) is 12.1 Å². The number of nitrogens with one attached hydrogen (secondary N) is 2. The van der Waals surface area contributed by atoms with Gasteiger partial charge in [-0.3, -0.25) is 23.5 Å². The van der Waals surface area contributed by atoms with E-state index >= 15 is 0 Å². The Hall–Kier alpha value is -3.40. The summed E-state index contributed by atoms with van der Waals surface area (Å²) in [7, 11) is -1.80. The Labute approximate surface area is 214 Å². The first-order valence-corrected chi connectivity index (χ1v) is 13.1. The first-order valence-electron chi connectivity index (χ1n) is 11.6. The summed E-state index contributed by atoms with van der Waals surface area (Å²) in [5, 5.41) is 5.56. The molecule has 0 aliphatic carbocycles. The van der Waals surface area contributed by atoms with Crippen LogP contribution in [0.1, 0.15) is 38.8 Å². The number of nitrogens with zero attached hydrogens (tertiary/aromatic N) is 1. The van der Waals surface area contributed by atoms with Gasteiger partial charge in [0.15, 0.2) is 11.5 Å². The molecule has 0 saturated heterocycles. The number of benzene rings is 2. The van der Waals surface area contributed by atoms with E-state index < -0.39 is 39.9 Å². The van der Waals surface area contributed by atoms with E-state index in [-0.39, 0.29) is 18.5 Å². The van der Waals surface area contributed by atoms with Crippen LogP contribution in [0.25, 0.3) is 0 Å². The molecule has 0 unspecified atom stereocenters. The number of aryl methyl sites for hydroxylation is 2. The molecule has 9 nitrogen and oxygen atoms in total. The number of amides is 3. The normalized spacial score (nSPS) is 14.1. The highest BCUT2D eigenvalue weighted by molar-refractivity contribution is 7.86. The maximum absolute atomic E-state index is 13.4. The molecular weight excluding hydrogens is 482 g/mol. The minimum atomic E-state index is -1.80. The zero-order valence-electron chi connectivity index (χ0n) is 21.5. The summed E-state index contributed by atoms with van der Waals surface area (Å²) in [4.78, 5) is 40.2. The van der Waals surface area contributed by atoms with E-state index in [1.54, 1.807) is 25.1 Å². The van der Waals surface area contributed by atoms with Gasteiger partial charge in [0.25, 0.3) is 0 Å². The van der Waals surface area contributed by atoms with E-state index in [2.05, 4.69) is 10.6 Å². The molecule has 194 valence electrons. The summed E-state index contributed by atoms with van der Waals surface area (Å²) < 4.78 is 23.4. The standard InChI is InChI=1S/C26H33N3O6S/c1-16-7-8-17(2)20(11-16)29(18(3)25(32)28-26(4,5)6)24(31)14-36(33)13-23(30)27-19-9-10-21-22(12-19)35-15-34-21/h7-12,18H,13-15H2,1-6H3,(H,27,30)(H,28,32)/t18-,36+/m1/s1. The van der Waals surface area contributed by atoms with Gasteiger partial charge in [-0.15, -0.1) is 0 Å². The predicted octanol–water partition coefficient (Wildman–Crippen LogP) is 3.06. The van der Waals surface area contributed by atoms with Gasteiger partial charge in [0.2, 0.25) is 24.5 Å². The molecule has 0 saturated carbocycles. The molecule has 2 N–H and O–H groups in total. The second kappa shape index (κ2) is 11.1. The minimum Gasteiger partial charge on any atom is -0.454 e. The van der Waals surface area contributed by atoms with E-state index in [0.29, 0.717) is 22.9 Å². The van der Waals surface area contributed by atoms with Crippen molar-refractivity contribution in [3.8, 4) is 11.5 Å². The van der Waals surface area contributed by atoms with Gasteiger partial charge in [0.1, 0.15) is 17.5 Å². The lowest BCUT2D eigenvalue weighted by Crippen LogP contribution is -2.54. The van der Waals surface area contributed by atoms with Crippen LogP contribution in [0.15, 0.2) is 36.4 Å². The Bertz CT molecular complexity index is 1190. The van der Waals surface area contributed by atoms with E-state index in [4.69, 9.17) is 9.47 Å². The van der Waals surface area contributed by atoms with Crippen LogP contribution in [-0.4, -0.2) is 51.8 Å². The van der Waals surface area contributed by atoms with Gasteiger partial charge in [-0.25, -0.2) is 0 Å². The van der Waals surface area contributed by atoms with Crippen LogP contribution in [0.5, 0.6) is 11.5 Å². The molecule has 0 radical (unpaired) electrons. The monoisotopic (exact) mass is 515 g/mol. The van der Waals surface area contributed by atoms with E-state index in [1.807, 2.05) is 52.8 Å². The van der Waals surface area contributed by atoms with Crippen molar-refractivity contribution in [3.63, 3.8) is 0 Å². The number of rotatable bonds is 8. The zero-order chi connectivity index (χ0) is 26.6. The number of hydrogen-bond acceptors (Lipinski definition) is 6. The Morgan fingerprint density at radius 1 is 1.03 bits per heavy atom. The van der Waals surface area contributed by atoms with Crippen LogP contribution < -0.4 is 25.0 Å². The van der Waals surface area contributed by atoms with E-state index in [1.165, 1.54) is 4.90 Å². The van der Waals surface area contributed by atoms with Gasteiger partial charge in [0.05, 0.1) is 0 Å². The van der Waals surface area contributed by atoms with Gasteiger partial charge in [-0.2, -0.15) is 0 Å². The summed E-state index contributed by atoms with van der Waals surface area (Å²) in [6.45, 7) is 11.1. The maximum Gasteiger partial charge on any atom is 0.243 e. The highest BCUT2D eigenvalue weighted by Gasteiger charge is 2.31. The molecule has 3 rings (SSSR count). The molecule has 10 heteroatoms. The summed E-state index contributed by atoms with van der Waals surface area (Å²) in [5.74, 6) is -1.03. The second-order valence-electron chi connectivity index (χ2n) is 9.81. The highest BCUT2D eigenvalue weighted by atomic mass is 32.2. The molecule has 36 heavy (non-hydrogen) atoms. The minimum absolute atomic E-state index is 0.113. The highest BCUT2D eigenvalue weighted by Crippen LogP contribution is 2.34. The van der Waals surface area contributed by atoms with Crippen molar-refractivity contribution in [1.29, 1.82) is 0 Å². The van der Waals surface area contributed by atoms with Gasteiger partial charge in [-0.05, 0) is 70.9 Å². The molecule has 2 atom stereocenters. The number of anilines is 2. The quantitative estimate of drug-likeness (QED) is 0.559. The second-order valence-corrected chi connectivity index (χ2v) is 11.3. The number of carbonyl (C=O) groups excluding carboxylic acids is 3. The van der Waals surface area contributed by atoms with Crippen molar-refractivity contribution in [2.75, 3.05) is 28.5 Å². The van der Waals surface area contributed by atoms with Crippen molar-refractivity contribution >= 4 is 39.9 Å². The molecule has 0 bridgehead atoms. The Morgan fingerprint density at radius 3 is 2.42 bits per heavy atom. The lowest BCUT2D eigenvalue weighted by atomic mass is 10.1. The molecule has 2 aromatic rings. The summed E-state index contributed by atoms with van der Waals surface area (Å²) in [5.41, 5.74) is 2.27. The smallest absolute Gasteiger partial charge is 0.243 e. The number of fused-ring (bicyclic) bond motifs is 1. The molecule has 0 spiro atoms. The predicted molar refractivity (Wildman–Crippen MR) is 140 cm³/mol. The van der Waals surface area contributed by atoms with Gasteiger partial charge < -0.3 is 20.1 Å². The van der Waals surface area contributed by atoms with Gasteiger partial charge in [0, 0.05) is 33.8 Å². The van der Waals surface area contributed by atoms with E-state index in [0.717, 1.165) is 11.1 Å².